The minimum absolute atomic E-state index is 0.0152. The van der Waals surface area contributed by atoms with E-state index in [9.17, 15) is 9.50 Å². The van der Waals surface area contributed by atoms with Gasteiger partial charge in [-0.1, -0.05) is 23.7 Å². The average molecular weight is 467 g/mol. The summed E-state index contributed by atoms with van der Waals surface area (Å²) < 4.78 is 20.9. The lowest BCUT2D eigenvalue weighted by atomic mass is 10.1. The Morgan fingerprint density at radius 3 is 2.55 bits per heavy atom. The maximum Gasteiger partial charge on any atom is 0.166 e. The number of benzene rings is 2. The van der Waals surface area contributed by atoms with Crippen LogP contribution in [0.15, 0.2) is 54.6 Å². The van der Waals surface area contributed by atoms with Gasteiger partial charge in [0, 0.05) is 30.3 Å². The van der Waals surface area contributed by atoms with Crippen LogP contribution in [-0.4, -0.2) is 46.0 Å². The molecule has 170 valence electrons. The van der Waals surface area contributed by atoms with Gasteiger partial charge in [-0.15, -0.1) is 0 Å². The van der Waals surface area contributed by atoms with Gasteiger partial charge < -0.3 is 14.7 Å². The third-order valence-electron chi connectivity index (χ3n) is 6.08. The van der Waals surface area contributed by atoms with Gasteiger partial charge in [0.25, 0.3) is 0 Å². The van der Waals surface area contributed by atoms with Gasteiger partial charge in [-0.25, -0.2) is 13.9 Å². The molecule has 0 spiro atoms. The van der Waals surface area contributed by atoms with Gasteiger partial charge in [-0.3, -0.25) is 0 Å². The first kappa shape index (κ1) is 21.8. The number of aliphatic hydroxyl groups is 1. The first-order valence-corrected chi connectivity index (χ1v) is 11.3. The van der Waals surface area contributed by atoms with Crippen molar-refractivity contribution in [3.63, 3.8) is 0 Å². The van der Waals surface area contributed by atoms with Crippen molar-refractivity contribution in [3.05, 3.63) is 71.1 Å². The molecule has 33 heavy (non-hydrogen) atoms. The molecule has 6 nitrogen and oxygen atoms in total. The van der Waals surface area contributed by atoms with Gasteiger partial charge in [0.15, 0.2) is 5.65 Å². The second kappa shape index (κ2) is 9.09. The van der Waals surface area contributed by atoms with Crippen LogP contribution in [0.4, 0.5) is 10.2 Å². The molecule has 1 aliphatic rings. The Kier molecular flexibility index (Phi) is 6.01. The van der Waals surface area contributed by atoms with E-state index < -0.39 is 0 Å². The van der Waals surface area contributed by atoms with E-state index in [1.54, 1.807) is 23.8 Å². The van der Waals surface area contributed by atoms with Crippen molar-refractivity contribution in [1.82, 2.24) is 14.6 Å². The number of hydrogen-bond donors (Lipinski definition) is 1. The smallest absolute Gasteiger partial charge is 0.166 e. The molecule has 1 aliphatic heterocycles. The van der Waals surface area contributed by atoms with Crippen molar-refractivity contribution < 1.29 is 14.2 Å². The van der Waals surface area contributed by atoms with Crippen molar-refractivity contribution in [2.45, 2.75) is 25.5 Å². The minimum Gasteiger partial charge on any atom is -0.394 e. The number of anilines is 1. The molecule has 3 heterocycles. The number of ether oxygens (including phenoxy) is 1. The van der Waals surface area contributed by atoms with Gasteiger partial charge >= 0.3 is 0 Å². The molecule has 1 unspecified atom stereocenters. The third kappa shape index (κ3) is 4.08. The molecule has 0 amide bonds. The Bertz CT molecular complexity index is 1270. The lowest BCUT2D eigenvalue weighted by molar-refractivity contribution is 0.181. The van der Waals surface area contributed by atoms with Crippen molar-refractivity contribution in [2.75, 3.05) is 25.2 Å². The van der Waals surface area contributed by atoms with Crippen molar-refractivity contribution in [3.8, 4) is 22.4 Å². The Balaban J connectivity index is 1.79. The van der Waals surface area contributed by atoms with E-state index in [1.807, 2.05) is 30.3 Å². The molecule has 0 bridgehead atoms. The highest BCUT2D eigenvalue weighted by Crippen LogP contribution is 2.35. The first-order chi connectivity index (χ1) is 16.1. The van der Waals surface area contributed by atoms with E-state index in [4.69, 9.17) is 26.4 Å². The van der Waals surface area contributed by atoms with Crippen LogP contribution in [0.25, 0.3) is 28.0 Å². The van der Waals surface area contributed by atoms with Gasteiger partial charge in [0.05, 0.1) is 36.2 Å². The molecule has 1 N–H and O–H groups in total. The van der Waals surface area contributed by atoms with Crippen LogP contribution in [-0.2, 0) is 11.3 Å². The number of rotatable bonds is 6. The van der Waals surface area contributed by atoms with Crippen LogP contribution in [0, 0.1) is 5.82 Å². The summed E-state index contributed by atoms with van der Waals surface area (Å²) in [6, 6.07) is 15.9. The van der Waals surface area contributed by atoms with Gasteiger partial charge in [-0.05, 0) is 54.8 Å². The summed E-state index contributed by atoms with van der Waals surface area (Å²) in [6.07, 6.45) is 1.90. The minimum atomic E-state index is -0.299. The summed E-state index contributed by atoms with van der Waals surface area (Å²) in [5.41, 5.74) is 4.81. The zero-order valence-electron chi connectivity index (χ0n) is 18.2. The Morgan fingerprint density at radius 2 is 1.85 bits per heavy atom. The number of hydrogen-bond acceptors (Lipinski definition) is 5. The highest BCUT2D eigenvalue weighted by atomic mass is 35.5. The monoisotopic (exact) mass is 466 g/mol. The fraction of sp³-hybridized carbons (Fsp3) is 0.280. The molecule has 0 radical (unpaired) electrons. The van der Waals surface area contributed by atoms with Gasteiger partial charge in [0.1, 0.15) is 11.6 Å². The van der Waals surface area contributed by atoms with Crippen LogP contribution in [0.2, 0.25) is 5.02 Å². The predicted octanol–water partition coefficient (Wildman–Crippen LogP) is 4.96. The highest BCUT2D eigenvalue weighted by molar-refractivity contribution is 6.30. The summed E-state index contributed by atoms with van der Waals surface area (Å²) in [5, 5.41) is 15.4. The summed E-state index contributed by atoms with van der Waals surface area (Å²) in [6.45, 7) is 1.19. The molecule has 2 aromatic heterocycles. The molecular weight excluding hydrogens is 443 g/mol. The molecule has 0 aliphatic carbocycles. The summed E-state index contributed by atoms with van der Waals surface area (Å²) >= 11 is 6.13. The van der Waals surface area contributed by atoms with Crippen LogP contribution < -0.4 is 4.90 Å². The molecule has 1 atom stereocenters. The molecule has 1 saturated heterocycles. The number of aromatic nitrogens is 3. The van der Waals surface area contributed by atoms with E-state index in [0.29, 0.717) is 17.3 Å². The molecule has 5 rings (SSSR count). The Labute approximate surface area is 196 Å². The van der Waals surface area contributed by atoms with Crippen LogP contribution in [0.5, 0.6) is 0 Å². The second-order valence-electron chi connectivity index (χ2n) is 8.18. The number of nitrogens with zero attached hydrogens (tertiary/aromatic N) is 4. The lowest BCUT2D eigenvalue weighted by Crippen LogP contribution is -2.32. The molecule has 2 aromatic carbocycles. The zero-order chi connectivity index (χ0) is 22.9. The van der Waals surface area contributed by atoms with E-state index in [0.717, 1.165) is 53.3 Å². The van der Waals surface area contributed by atoms with Crippen LogP contribution in [0.1, 0.15) is 18.5 Å². The van der Waals surface area contributed by atoms with Gasteiger partial charge in [0.2, 0.25) is 0 Å². The zero-order valence-corrected chi connectivity index (χ0v) is 19.0. The van der Waals surface area contributed by atoms with Gasteiger partial charge in [-0.2, -0.15) is 5.10 Å². The molecule has 4 aromatic rings. The highest BCUT2D eigenvalue weighted by Gasteiger charge is 2.27. The second-order valence-corrected chi connectivity index (χ2v) is 8.61. The SMILES string of the molecule is COCc1nn2c(-c3ccc(F)cc3)cc(N3CCCC3CO)nc2c1-c1ccc(Cl)cc1. The summed E-state index contributed by atoms with van der Waals surface area (Å²) in [7, 11) is 1.63. The topological polar surface area (TPSA) is 62.9 Å². The van der Waals surface area contributed by atoms with Crippen molar-refractivity contribution in [1.29, 1.82) is 0 Å². The fourth-order valence-corrected chi connectivity index (χ4v) is 4.62. The summed E-state index contributed by atoms with van der Waals surface area (Å²) in [4.78, 5) is 7.15. The lowest BCUT2D eigenvalue weighted by Gasteiger charge is -2.25. The van der Waals surface area contributed by atoms with Crippen molar-refractivity contribution >= 4 is 23.1 Å². The quantitative estimate of drug-likeness (QED) is 0.435. The number of halogens is 2. The normalized spacial score (nSPS) is 16.1. The molecule has 8 heteroatoms. The van der Waals surface area contributed by atoms with E-state index >= 15 is 0 Å². The maximum atomic E-state index is 13.7. The van der Waals surface area contributed by atoms with Crippen molar-refractivity contribution in [2.24, 2.45) is 0 Å². The van der Waals surface area contributed by atoms with Crippen LogP contribution in [0.3, 0.4) is 0 Å². The average Bonchev–Trinajstić information content (AvgIpc) is 3.44. The standard InChI is InChI=1S/C25H24ClFN4O2/c1-33-15-21-24(17-4-8-18(26)9-5-17)25-28-23(30-12-2-3-20(30)14-32)13-22(31(25)29-21)16-6-10-19(27)11-7-16/h4-11,13,20,32H,2-3,12,14-15H2,1H3. The Hall–Kier alpha value is -3.00. The Morgan fingerprint density at radius 1 is 1.12 bits per heavy atom. The largest absolute Gasteiger partial charge is 0.394 e. The van der Waals surface area contributed by atoms with E-state index in [1.165, 1.54) is 12.1 Å². The third-order valence-corrected chi connectivity index (χ3v) is 6.34. The maximum absolute atomic E-state index is 13.7. The summed E-state index contributed by atoms with van der Waals surface area (Å²) in [5.74, 6) is 0.462. The molecule has 1 fully saturated rings. The first-order valence-electron chi connectivity index (χ1n) is 10.9. The van der Waals surface area contributed by atoms with E-state index in [2.05, 4.69) is 4.90 Å². The fourth-order valence-electron chi connectivity index (χ4n) is 4.50. The molecular formula is C25H24ClFN4O2. The predicted molar refractivity (Wildman–Crippen MR) is 127 cm³/mol. The number of fused-ring (bicyclic) bond motifs is 1. The van der Waals surface area contributed by atoms with Crippen LogP contribution >= 0.6 is 11.6 Å². The number of aliphatic hydroxyl groups excluding tert-OH is 1. The van der Waals surface area contributed by atoms with E-state index in [-0.39, 0.29) is 18.5 Å². The molecule has 0 saturated carbocycles. The number of methoxy groups -OCH3 is 1.